The van der Waals surface area contributed by atoms with Gasteiger partial charge in [0.25, 0.3) is 0 Å². The van der Waals surface area contributed by atoms with Gasteiger partial charge >= 0.3 is 6.03 Å². The Balaban J connectivity index is 1.90. The first-order chi connectivity index (χ1) is 8.72. The Kier molecular flexibility index (Phi) is 2.63. The summed E-state index contributed by atoms with van der Waals surface area (Å²) in [6.45, 7) is 1.94. The highest BCUT2D eigenvalue weighted by atomic mass is 16.2. The minimum absolute atomic E-state index is 0.145. The number of para-hydroxylation sites is 1. The SMILES string of the molecule is Cc1ccc2cccc(NC(=O)NC3CC3)c2n1. The Morgan fingerprint density at radius 3 is 2.89 bits per heavy atom. The van der Waals surface area contributed by atoms with Crippen molar-refractivity contribution in [3.63, 3.8) is 0 Å². The van der Waals surface area contributed by atoms with Gasteiger partial charge in [-0.05, 0) is 31.9 Å². The summed E-state index contributed by atoms with van der Waals surface area (Å²) in [5.41, 5.74) is 2.54. The average Bonchev–Trinajstić information content (AvgIpc) is 3.14. The molecule has 0 bridgehead atoms. The van der Waals surface area contributed by atoms with E-state index in [2.05, 4.69) is 15.6 Å². The Morgan fingerprint density at radius 2 is 2.11 bits per heavy atom. The first kappa shape index (κ1) is 11.0. The van der Waals surface area contributed by atoms with E-state index in [0.717, 1.165) is 35.1 Å². The van der Waals surface area contributed by atoms with E-state index in [1.54, 1.807) is 0 Å². The van der Waals surface area contributed by atoms with Gasteiger partial charge in [-0.25, -0.2) is 4.79 Å². The smallest absolute Gasteiger partial charge is 0.319 e. The molecule has 0 atom stereocenters. The molecular formula is C14H15N3O. The van der Waals surface area contributed by atoms with Crippen molar-refractivity contribution in [3.05, 3.63) is 36.0 Å². The number of nitrogens with zero attached hydrogens (tertiary/aromatic N) is 1. The summed E-state index contributed by atoms with van der Waals surface area (Å²) in [6.07, 6.45) is 2.17. The second-order valence-corrected chi connectivity index (χ2v) is 4.70. The molecule has 92 valence electrons. The standard InChI is InChI=1S/C14H15N3O/c1-9-5-6-10-3-2-4-12(13(10)15-9)17-14(18)16-11-7-8-11/h2-6,11H,7-8H2,1H3,(H2,16,17,18). The van der Waals surface area contributed by atoms with Crippen LogP contribution in [0.25, 0.3) is 10.9 Å². The van der Waals surface area contributed by atoms with Crippen LogP contribution in [0.15, 0.2) is 30.3 Å². The van der Waals surface area contributed by atoms with Crippen LogP contribution in [0.4, 0.5) is 10.5 Å². The topological polar surface area (TPSA) is 54.0 Å². The third-order valence-corrected chi connectivity index (χ3v) is 3.02. The summed E-state index contributed by atoms with van der Waals surface area (Å²) in [6, 6.07) is 9.99. The van der Waals surface area contributed by atoms with Crippen molar-refractivity contribution in [2.75, 3.05) is 5.32 Å². The number of nitrogens with one attached hydrogen (secondary N) is 2. The van der Waals surface area contributed by atoms with Gasteiger partial charge in [0.2, 0.25) is 0 Å². The number of anilines is 1. The molecule has 3 rings (SSSR count). The first-order valence-corrected chi connectivity index (χ1v) is 6.16. The molecule has 1 aliphatic carbocycles. The van der Waals surface area contributed by atoms with Crippen molar-refractivity contribution in [1.82, 2.24) is 10.3 Å². The largest absolute Gasteiger partial charge is 0.335 e. The quantitative estimate of drug-likeness (QED) is 0.849. The van der Waals surface area contributed by atoms with Crippen molar-refractivity contribution >= 4 is 22.6 Å². The van der Waals surface area contributed by atoms with Gasteiger partial charge < -0.3 is 10.6 Å². The first-order valence-electron chi connectivity index (χ1n) is 6.16. The van der Waals surface area contributed by atoms with Gasteiger partial charge in [-0.3, -0.25) is 4.98 Å². The zero-order valence-electron chi connectivity index (χ0n) is 10.2. The van der Waals surface area contributed by atoms with Gasteiger partial charge in [-0.1, -0.05) is 18.2 Å². The molecule has 1 aromatic heterocycles. The van der Waals surface area contributed by atoms with E-state index in [4.69, 9.17) is 0 Å². The highest BCUT2D eigenvalue weighted by Crippen LogP contribution is 2.22. The zero-order chi connectivity index (χ0) is 12.5. The van der Waals surface area contributed by atoms with Crippen LogP contribution in [-0.2, 0) is 0 Å². The fraction of sp³-hybridized carbons (Fsp3) is 0.286. The van der Waals surface area contributed by atoms with E-state index >= 15 is 0 Å². The molecule has 2 aromatic rings. The van der Waals surface area contributed by atoms with Gasteiger partial charge in [0.15, 0.2) is 0 Å². The second-order valence-electron chi connectivity index (χ2n) is 4.70. The Morgan fingerprint density at radius 1 is 1.28 bits per heavy atom. The lowest BCUT2D eigenvalue weighted by Gasteiger charge is -2.09. The molecule has 0 aliphatic heterocycles. The maximum Gasteiger partial charge on any atom is 0.319 e. The number of fused-ring (bicyclic) bond motifs is 1. The maximum absolute atomic E-state index is 11.7. The summed E-state index contributed by atoms with van der Waals surface area (Å²) in [7, 11) is 0. The van der Waals surface area contributed by atoms with Gasteiger partial charge in [0.05, 0.1) is 11.2 Å². The lowest BCUT2D eigenvalue weighted by atomic mass is 10.2. The highest BCUT2D eigenvalue weighted by molar-refractivity contribution is 5.99. The highest BCUT2D eigenvalue weighted by Gasteiger charge is 2.23. The molecule has 1 saturated carbocycles. The van der Waals surface area contributed by atoms with Gasteiger partial charge in [0.1, 0.15) is 0 Å². The number of urea groups is 1. The van der Waals surface area contributed by atoms with Crippen LogP contribution in [0, 0.1) is 6.92 Å². The fourth-order valence-corrected chi connectivity index (χ4v) is 1.92. The number of carbonyl (C=O) groups is 1. The summed E-state index contributed by atoms with van der Waals surface area (Å²) in [4.78, 5) is 16.2. The summed E-state index contributed by atoms with van der Waals surface area (Å²) in [5, 5.41) is 6.81. The van der Waals surface area contributed by atoms with E-state index in [-0.39, 0.29) is 6.03 Å². The number of hydrogen-bond acceptors (Lipinski definition) is 2. The van der Waals surface area contributed by atoms with Crippen LogP contribution >= 0.6 is 0 Å². The second kappa shape index (κ2) is 4.29. The molecule has 0 saturated heterocycles. The van der Waals surface area contributed by atoms with Gasteiger partial charge in [-0.15, -0.1) is 0 Å². The van der Waals surface area contributed by atoms with E-state index in [0.29, 0.717) is 6.04 Å². The summed E-state index contributed by atoms with van der Waals surface area (Å²) in [5.74, 6) is 0. The van der Waals surface area contributed by atoms with E-state index in [1.807, 2.05) is 37.3 Å². The molecule has 0 unspecified atom stereocenters. The number of rotatable bonds is 2. The molecule has 1 heterocycles. The molecule has 0 radical (unpaired) electrons. The Labute approximate surface area is 105 Å². The van der Waals surface area contributed by atoms with Crippen LogP contribution in [0.2, 0.25) is 0 Å². The minimum Gasteiger partial charge on any atom is -0.335 e. The van der Waals surface area contributed by atoms with E-state index in [1.165, 1.54) is 0 Å². The normalized spacial score (nSPS) is 14.5. The van der Waals surface area contributed by atoms with Crippen LogP contribution < -0.4 is 10.6 Å². The predicted molar refractivity (Wildman–Crippen MR) is 71.7 cm³/mol. The van der Waals surface area contributed by atoms with Gasteiger partial charge in [0, 0.05) is 17.1 Å². The van der Waals surface area contributed by atoms with Crippen LogP contribution in [0.1, 0.15) is 18.5 Å². The van der Waals surface area contributed by atoms with Crippen LogP contribution in [0.5, 0.6) is 0 Å². The molecule has 2 amide bonds. The number of amides is 2. The number of hydrogen-bond donors (Lipinski definition) is 2. The van der Waals surface area contributed by atoms with E-state index < -0.39 is 0 Å². The minimum atomic E-state index is -0.145. The van der Waals surface area contributed by atoms with Crippen molar-refractivity contribution in [1.29, 1.82) is 0 Å². The number of carbonyl (C=O) groups excluding carboxylic acids is 1. The van der Waals surface area contributed by atoms with Crippen molar-refractivity contribution in [2.45, 2.75) is 25.8 Å². The number of benzene rings is 1. The zero-order valence-corrected chi connectivity index (χ0v) is 10.2. The maximum atomic E-state index is 11.7. The van der Waals surface area contributed by atoms with E-state index in [9.17, 15) is 4.79 Å². The molecule has 1 fully saturated rings. The summed E-state index contributed by atoms with van der Waals surface area (Å²) >= 11 is 0. The molecule has 2 N–H and O–H groups in total. The van der Waals surface area contributed by atoms with Crippen molar-refractivity contribution in [3.8, 4) is 0 Å². The predicted octanol–water partition coefficient (Wildman–Crippen LogP) is 2.83. The molecule has 18 heavy (non-hydrogen) atoms. The molecule has 4 heteroatoms. The van der Waals surface area contributed by atoms with Crippen molar-refractivity contribution in [2.24, 2.45) is 0 Å². The third kappa shape index (κ3) is 2.27. The van der Waals surface area contributed by atoms with Crippen molar-refractivity contribution < 1.29 is 4.79 Å². The lowest BCUT2D eigenvalue weighted by Crippen LogP contribution is -2.30. The molecule has 4 nitrogen and oxygen atoms in total. The molecule has 1 aromatic carbocycles. The van der Waals surface area contributed by atoms with Gasteiger partial charge in [-0.2, -0.15) is 0 Å². The Hall–Kier alpha value is -2.10. The number of pyridine rings is 1. The lowest BCUT2D eigenvalue weighted by molar-refractivity contribution is 0.251. The summed E-state index contributed by atoms with van der Waals surface area (Å²) < 4.78 is 0. The number of aryl methyl sites for hydroxylation is 1. The average molecular weight is 241 g/mol. The number of aromatic nitrogens is 1. The molecular weight excluding hydrogens is 226 g/mol. The fourth-order valence-electron chi connectivity index (χ4n) is 1.92. The molecule has 0 spiro atoms. The Bertz CT molecular complexity index is 605. The van der Waals surface area contributed by atoms with Crippen LogP contribution in [0.3, 0.4) is 0 Å². The monoisotopic (exact) mass is 241 g/mol. The molecule has 1 aliphatic rings. The third-order valence-electron chi connectivity index (χ3n) is 3.02. The van der Waals surface area contributed by atoms with Crippen LogP contribution in [-0.4, -0.2) is 17.1 Å².